The average molecular weight is 525 g/mol. The number of ether oxygens (including phenoxy) is 2. The van der Waals surface area contributed by atoms with E-state index in [0.29, 0.717) is 15.1 Å². The molecule has 1 aromatic heterocycles. The van der Waals surface area contributed by atoms with Crippen molar-refractivity contribution in [2.24, 2.45) is 4.99 Å². The third-order valence-corrected chi connectivity index (χ3v) is 7.81. The van der Waals surface area contributed by atoms with Crippen LogP contribution in [0, 0.1) is 0 Å². The fraction of sp³-hybridized carbons (Fsp3) is 0.167. The van der Waals surface area contributed by atoms with Crippen molar-refractivity contribution in [3.05, 3.63) is 120 Å². The van der Waals surface area contributed by atoms with E-state index in [4.69, 9.17) is 19.6 Å². The number of hydrogen-bond acceptors (Lipinski definition) is 6. The van der Waals surface area contributed by atoms with Crippen LogP contribution in [0.4, 0.5) is 0 Å². The molecular weight excluding hydrogens is 500 g/mol. The number of carbonyl (C=O) groups is 1. The molecule has 2 heterocycles. The van der Waals surface area contributed by atoms with Gasteiger partial charge in [0.15, 0.2) is 11.4 Å². The summed E-state index contributed by atoms with van der Waals surface area (Å²) in [5, 5.41) is 8.81. The predicted molar refractivity (Wildman–Crippen MR) is 145 cm³/mol. The second kappa shape index (κ2) is 9.79. The first-order valence-electron chi connectivity index (χ1n) is 12.2. The molecule has 1 aliphatic carbocycles. The Bertz CT molecular complexity index is 1770. The number of methoxy groups -OCH3 is 1. The number of hydrogen-bond donors (Lipinski definition) is 1. The lowest BCUT2D eigenvalue weighted by molar-refractivity contribution is -0.139. The standard InChI is InChI=1S/C30H24N2O5S/c1-36-22-7-4-6-20(16-22)28-24-14-11-19-5-2-3-8-23(19)27(24)31-30-32(28)29(35)25(38-30)15-18-9-12-21(13-10-18)37-17-26(33)34/h2-10,12-13,15-16,28H,11,14,17H2,1H3,(H,33,34)/b25-15+. The average Bonchev–Trinajstić information content (AvgIpc) is 3.25. The maximum absolute atomic E-state index is 13.9. The highest BCUT2D eigenvalue weighted by Crippen LogP contribution is 2.41. The molecular formula is C30H24N2O5S. The van der Waals surface area contributed by atoms with Crippen molar-refractivity contribution < 1.29 is 19.4 Å². The monoisotopic (exact) mass is 524 g/mol. The Kier molecular flexibility index (Phi) is 6.17. The summed E-state index contributed by atoms with van der Waals surface area (Å²) >= 11 is 1.37. The van der Waals surface area contributed by atoms with Gasteiger partial charge in [-0.05, 0) is 65.4 Å². The molecule has 0 spiro atoms. The molecule has 8 heteroatoms. The van der Waals surface area contributed by atoms with E-state index in [0.717, 1.165) is 46.6 Å². The number of thiazole rings is 1. The Morgan fingerprint density at radius 3 is 2.68 bits per heavy atom. The fourth-order valence-corrected chi connectivity index (χ4v) is 6.09. The van der Waals surface area contributed by atoms with Crippen LogP contribution >= 0.6 is 11.3 Å². The highest BCUT2D eigenvalue weighted by atomic mass is 32.1. The Morgan fingerprint density at radius 2 is 1.89 bits per heavy atom. The molecule has 0 saturated heterocycles. The maximum atomic E-state index is 13.9. The molecule has 1 unspecified atom stereocenters. The molecule has 6 rings (SSSR count). The van der Waals surface area contributed by atoms with Gasteiger partial charge in [-0.2, -0.15) is 0 Å². The number of aromatic nitrogens is 1. The van der Waals surface area contributed by atoms with E-state index in [1.165, 1.54) is 16.9 Å². The molecule has 1 aliphatic heterocycles. The van der Waals surface area contributed by atoms with Crippen molar-refractivity contribution in [1.82, 2.24) is 4.57 Å². The molecule has 38 heavy (non-hydrogen) atoms. The first-order chi connectivity index (χ1) is 18.5. The zero-order chi connectivity index (χ0) is 26.2. The third-order valence-electron chi connectivity index (χ3n) is 6.82. The third kappa shape index (κ3) is 4.33. The largest absolute Gasteiger partial charge is 0.497 e. The Hall–Kier alpha value is -4.43. The van der Waals surface area contributed by atoms with Crippen molar-refractivity contribution in [3.8, 4) is 11.5 Å². The van der Waals surface area contributed by atoms with Gasteiger partial charge < -0.3 is 14.6 Å². The molecule has 0 saturated carbocycles. The van der Waals surface area contributed by atoms with Gasteiger partial charge in [-0.15, -0.1) is 0 Å². The van der Waals surface area contributed by atoms with Gasteiger partial charge >= 0.3 is 5.97 Å². The van der Waals surface area contributed by atoms with E-state index in [2.05, 4.69) is 18.2 Å². The topological polar surface area (TPSA) is 90.1 Å². The quantitative estimate of drug-likeness (QED) is 0.415. The number of fused-ring (bicyclic) bond motifs is 3. The lowest BCUT2D eigenvalue weighted by Crippen LogP contribution is -2.38. The summed E-state index contributed by atoms with van der Waals surface area (Å²) in [7, 11) is 1.64. The van der Waals surface area contributed by atoms with Crippen molar-refractivity contribution in [1.29, 1.82) is 0 Å². The van der Waals surface area contributed by atoms with Crippen LogP contribution in [0.25, 0.3) is 11.8 Å². The molecule has 1 atom stereocenters. The van der Waals surface area contributed by atoms with E-state index < -0.39 is 12.6 Å². The van der Waals surface area contributed by atoms with Crippen molar-refractivity contribution in [2.75, 3.05) is 13.7 Å². The van der Waals surface area contributed by atoms with Crippen LogP contribution in [0.2, 0.25) is 0 Å². The van der Waals surface area contributed by atoms with Gasteiger partial charge in [0.05, 0.1) is 23.4 Å². The molecule has 190 valence electrons. The molecule has 0 amide bonds. The number of aryl methyl sites for hydroxylation is 1. The summed E-state index contributed by atoms with van der Waals surface area (Å²) in [6.45, 7) is -0.407. The van der Waals surface area contributed by atoms with Crippen LogP contribution in [0.5, 0.6) is 11.5 Å². The number of carboxylic acid groups (broad SMARTS) is 1. The molecule has 3 aromatic carbocycles. The number of benzene rings is 3. The summed E-state index contributed by atoms with van der Waals surface area (Å²) in [4.78, 5) is 30.3. The smallest absolute Gasteiger partial charge is 0.341 e. The van der Waals surface area contributed by atoms with E-state index >= 15 is 0 Å². The fourth-order valence-electron chi connectivity index (χ4n) is 5.09. The lowest BCUT2D eigenvalue weighted by Gasteiger charge is -2.31. The van der Waals surface area contributed by atoms with Gasteiger partial charge in [-0.1, -0.05) is 59.9 Å². The van der Waals surface area contributed by atoms with E-state index in [9.17, 15) is 9.59 Å². The van der Waals surface area contributed by atoms with Crippen LogP contribution in [0.1, 0.15) is 34.7 Å². The first-order valence-corrected chi connectivity index (χ1v) is 13.0. The van der Waals surface area contributed by atoms with E-state index in [-0.39, 0.29) is 11.6 Å². The zero-order valence-corrected chi connectivity index (χ0v) is 21.4. The van der Waals surface area contributed by atoms with Crippen molar-refractivity contribution in [3.63, 3.8) is 0 Å². The van der Waals surface area contributed by atoms with Crippen LogP contribution in [0.3, 0.4) is 0 Å². The normalized spacial score (nSPS) is 16.2. The number of allylic oxidation sites excluding steroid dienone is 1. The Labute approximate surface area is 222 Å². The SMILES string of the molecule is COc1cccc(C2C3=C(N=c4s/c(=C/c5ccc(OCC(=O)O)cc5)c(=O)n42)c2ccccc2CC3)c1. The Morgan fingerprint density at radius 1 is 1.08 bits per heavy atom. The number of carboxylic acids is 1. The summed E-state index contributed by atoms with van der Waals surface area (Å²) in [5.74, 6) is 0.159. The predicted octanol–water partition coefficient (Wildman–Crippen LogP) is 3.79. The minimum atomic E-state index is -1.04. The highest BCUT2D eigenvalue weighted by molar-refractivity contribution is 7.07. The molecule has 0 radical (unpaired) electrons. The van der Waals surface area contributed by atoms with Gasteiger partial charge in [0.1, 0.15) is 11.5 Å². The number of nitrogens with zero attached hydrogens (tertiary/aromatic N) is 2. The van der Waals surface area contributed by atoms with E-state index in [1.54, 1.807) is 31.4 Å². The summed E-state index contributed by atoms with van der Waals surface area (Å²) in [6, 6.07) is 22.9. The maximum Gasteiger partial charge on any atom is 0.341 e. The molecule has 2 aliphatic rings. The molecule has 0 bridgehead atoms. The van der Waals surface area contributed by atoms with Gasteiger partial charge in [0.2, 0.25) is 0 Å². The second-order valence-corrected chi connectivity index (χ2v) is 10.2. The minimum absolute atomic E-state index is 0.0989. The van der Waals surface area contributed by atoms with Crippen molar-refractivity contribution >= 4 is 29.1 Å². The van der Waals surface area contributed by atoms with Gasteiger partial charge in [0, 0.05) is 5.56 Å². The molecule has 0 fully saturated rings. The second-order valence-electron chi connectivity index (χ2n) is 9.14. The minimum Gasteiger partial charge on any atom is -0.497 e. The van der Waals surface area contributed by atoms with E-state index in [1.807, 2.05) is 41.0 Å². The Balaban J connectivity index is 1.50. The van der Waals surface area contributed by atoms with Crippen LogP contribution in [0.15, 0.2) is 88.2 Å². The lowest BCUT2D eigenvalue weighted by atomic mass is 9.83. The number of rotatable bonds is 6. The van der Waals surface area contributed by atoms with Gasteiger partial charge in [-0.3, -0.25) is 9.36 Å². The molecule has 4 aromatic rings. The van der Waals surface area contributed by atoms with Crippen LogP contribution < -0.4 is 24.4 Å². The van der Waals surface area contributed by atoms with Crippen molar-refractivity contribution in [2.45, 2.75) is 18.9 Å². The summed E-state index contributed by atoms with van der Waals surface area (Å²) in [5.41, 5.74) is 6.17. The molecule has 1 N–H and O–H groups in total. The van der Waals surface area contributed by atoms with Gasteiger partial charge in [0.25, 0.3) is 5.56 Å². The van der Waals surface area contributed by atoms with Crippen LogP contribution in [-0.2, 0) is 11.2 Å². The number of aliphatic carboxylic acids is 1. The van der Waals surface area contributed by atoms with Crippen LogP contribution in [-0.4, -0.2) is 29.4 Å². The summed E-state index contributed by atoms with van der Waals surface area (Å²) in [6.07, 6.45) is 3.55. The highest BCUT2D eigenvalue weighted by Gasteiger charge is 2.32. The molecule has 7 nitrogen and oxygen atoms in total. The zero-order valence-electron chi connectivity index (χ0n) is 20.6. The van der Waals surface area contributed by atoms with Gasteiger partial charge in [-0.25, -0.2) is 9.79 Å². The first kappa shape index (κ1) is 23.9. The summed E-state index contributed by atoms with van der Waals surface area (Å²) < 4.78 is 13.1.